The van der Waals surface area contributed by atoms with Crippen molar-refractivity contribution in [3.63, 3.8) is 0 Å². The van der Waals surface area contributed by atoms with Crippen LogP contribution in [0.5, 0.6) is 0 Å². The maximum Gasteiger partial charge on any atom is 0.267 e. The molecule has 228 valence electrons. The molecule has 5 aliphatic rings. The number of imidazole rings is 1. The highest BCUT2D eigenvalue weighted by molar-refractivity contribution is 6.03. The van der Waals surface area contributed by atoms with Crippen LogP contribution in [0.25, 0.3) is 4.85 Å². The SMILES string of the molecule is [C-]#[N+]C1=CC2(C)C3=CC(=O)C4C5CC(C)(C)CCC5(C(=O)n5cncc5C(N)=O)CCC4(C)C3(C)CCC2C(C)(C)C1=O. The summed E-state index contributed by atoms with van der Waals surface area (Å²) < 4.78 is 1.33. The molecule has 7 unspecified atom stereocenters. The molecule has 1 heterocycles. The van der Waals surface area contributed by atoms with Crippen molar-refractivity contribution in [1.29, 1.82) is 0 Å². The predicted octanol–water partition coefficient (Wildman–Crippen LogP) is 6.19. The van der Waals surface area contributed by atoms with Crippen LogP contribution < -0.4 is 5.73 Å². The van der Waals surface area contributed by atoms with Crippen molar-refractivity contribution in [2.75, 3.05) is 0 Å². The minimum Gasteiger partial charge on any atom is -0.364 e. The van der Waals surface area contributed by atoms with E-state index in [0.29, 0.717) is 19.3 Å². The lowest BCUT2D eigenvalue weighted by Gasteiger charge is -2.69. The molecule has 43 heavy (non-hydrogen) atoms. The van der Waals surface area contributed by atoms with E-state index in [4.69, 9.17) is 12.3 Å². The number of hydrogen-bond donors (Lipinski definition) is 1. The minimum absolute atomic E-state index is 0.0170. The maximum atomic E-state index is 14.7. The monoisotopic (exact) mass is 584 g/mol. The van der Waals surface area contributed by atoms with Crippen LogP contribution in [0.4, 0.5) is 0 Å². The van der Waals surface area contributed by atoms with Gasteiger partial charge in [0.2, 0.25) is 11.6 Å². The first-order valence-electron chi connectivity index (χ1n) is 15.7. The van der Waals surface area contributed by atoms with Gasteiger partial charge in [0.1, 0.15) is 12.0 Å². The van der Waals surface area contributed by atoms with E-state index < -0.39 is 27.6 Å². The molecular formula is C35H44N4O4. The minimum atomic E-state index is -0.806. The van der Waals surface area contributed by atoms with Crippen molar-refractivity contribution in [2.45, 2.75) is 93.4 Å². The van der Waals surface area contributed by atoms with Gasteiger partial charge in [-0.05, 0) is 79.1 Å². The van der Waals surface area contributed by atoms with Gasteiger partial charge in [0, 0.05) is 16.7 Å². The summed E-state index contributed by atoms with van der Waals surface area (Å²) >= 11 is 0. The van der Waals surface area contributed by atoms with Gasteiger partial charge in [-0.3, -0.25) is 19.0 Å². The van der Waals surface area contributed by atoms with Gasteiger partial charge in [-0.25, -0.2) is 9.83 Å². The summed E-state index contributed by atoms with van der Waals surface area (Å²) in [5.74, 6) is -1.54. The highest BCUT2D eigenvalue weighted by Gasteiger charge is 2.71. The molecule has 0 saturated heterocycles. The van der Waals surface area contributed by atoms with E-state index in [1.807, 2.05) is 26.0 Å². The fourth-order valence-corrected chi connectivity index (χ4v) is 10.9. The fourth-order valence-electron chi connectivity index (χ4n) is 10.9. The van der Waals surface area contributed by atoms with Gasteiger partial charge in [0.05, 0.1) is 18.2 Å². The first-order chi connectivity index (χ1) is 19.9. The summed E-state index contributed by atoms with van der Waals surface area (Å²) in [6, 6.07) is 0. The molecule has 0 spiro atoms. The number of aromatic nitrogens is 2. The van der Waals surface area contributed by atoms with E-state index in [1.54, 1.807) is 0 Å². The Morgan fingerprint density at radius 2 is 1.70 bits per heavy atom. The molecule has 1 amide bonds. The van der Waals surface area contributed by atoms with Crippen LogP contribution in [-0.4, -0.2) is 32.9 Å². The van der Waals surface area contributed by atoms with Gasteiger partial charge in [-0.15, -0.1) is 0 Å². The van der Waals surface area contributed by atoms with E-state index in [-0.39, 0.29) is 57.4 Å². The van der Waals surface area contributed by atoms with Crippen LogP contribution in [0, 0.1) is 56.8 Å². The van der Waals surface area contributed by atoms with Gasteiger partial charge in [0.15, 0.2) is 11.6 Å². The van der Waals surface area contributed by atoms with Crippen LogP contribution in [-0.2, 0) is 9.59 Å². The Balaban J connectivity index is 1.52. The molecular weight excluding hydrogens is 540 g/mol. The molecule has 6 rings (SSSR count). The molecule has 8 nitrogen and oxygen atoms in total. The molecule has 8 heteroatoms. The Hall–Kier alpha value is -3.34. The average molecular weight is 585 g/mol. The normalized spacial score (nSPS) is 40.9. The predicted molar refractivity (Wildman–Crippen MR) is 161 cm³/mol. The molecule has 1 aromatic heterocycles. The number of Topliss-reactive ketones (excluding diaryl/α,β-unsaturated/α-hetero) is 1. The second kappa shape index (κ2) is 8.86. The van der Waals surface area contributed by atoms with Crippen molar-refractivity contribution < 1.29 is 19.2 Å². The summed E-state index contributed by atoms with van der Waals surface area (Å²) in [6.07, 6.45) is 11.6. The van der Waals surface area contributed by atoms with Crippen LogP contribution in [0.1, 0.15) is 109 Å². The summed E-state index contributed by atoms with van der Waals surface area (Å²) in [5.41, 5.74) is 3.96. The molecule has 5 aliphatic carbocycles. The quantitative estimate of drug-likeness (QED) is 0.416. The van der Waals surface area contributed by atoms with Crippen LogP contribution in [0.3, 0.4) is 0 Å². The Morgan fingerprint density at radius 3 is 2.35 bits per heavy atom. The first-order valence-corrected chi connectivity index (χ1v) is 15.7. The van der Waals surface area contributed by atoms with Gasteiger partial charge < -0.3 is 10.5 Å². The average Bonchev–Trinajstić information content (AvgIpc) is 3.42. The highest BCUT2D eigenvalue weighted by atomic mass is 16.2. The van der Waals surface area contributed by atoms with Crippen molar-refractivity contribution in [1.82, 2.24) is 9.55 Å². The third kappa shape index (κ3) is 3.63. The van der Waals surface area contributed by atoms with Gasteiger partial charge in [0.25, 0.3) is 5.91 Å². The second-order valence-corrected chi connectivity index (χ2v) is 16.2. The third-order valence-electron chi connectivity index (χ3n) is 13.4. The van der Waals surface area contributed by atoms with E-state index >= 15 is 0 Å². The molecule has 1 aromatic rings. The Bertz CT molecular complexity index is 1590. The van der Waals surface area contributed by atoms with Crippen molar-refractivity contribution in [3.05, 3.63) is 53.1 Å². The number of ketones is 2. The van der Waals surface area contributed by atoms with E-state index in [9.17, 15) is 19.2 Å². The third-order valence-corrected chi connectivity index (χ3v) is 13.4. The number of nitrogens with two attached hydrogens (primary N) is 1. The van der Waals surface area contributed by atoms with E-state index in [0.717, 1.165) is 31.3 Å². The topological polar surface area (TPSA) is 116 Å². The summed E-state index contributed by atoms with van der Waals surface area (Å²) in [7, 11) is 0. The largest absolute Gasteiger partial charge is 0.364 e. The fraction of sp³-hybridized carbons (Fsp3) is 0.657. The van der Waals surface area contributed by atoms with Crippen molar-refractivity contribution >= 4 is 23.4 Å². The summed E-state index contributed by atoms with van der Waals surface area (Å²) in [5, 5.41) is 0. The number of carbonyl (C=O) groups is 4. The number of nitrogens with zero attached hydrogens (tertiary/aromatic N) is 3. The second-order valence-electron chi connectivity index (χ2n) is 16.2. The lowest BCUT2D eigenvalue weighted by Crippen LogP contribution is -2.66. The molecule has 0 bridgehead atoms. The number of fused-ring (bicyclic) bond motifs is 7. The number of carbonyl (C=O) groups excluding carboxylic acids is 4. The Morgan fingerprint density at radius 1 is 1.02 bits per heavy atom. The molecule has 3 saturated carbocycles. The molecule has 0 radical (unpaired) electrons. The molecule has 0 aliphatic heterocycles. The highest BCUT2D eigenvalue weighted by Crippen LogP contribution is 2.74. The lowest BCUT2D eigenvalue weighted by atomic mass is 9.34. The maximum absolute atomic E-state index is 14.7. The van der Waals surface area contributed by atoms with Crippen LogP contribution >= 0.6 is 0 Å². The number of primary amides is 1. The van der Waals surface area contributed by atoms with Gasteiger partial charge in [-0.2, -0.15) is 0 Å². The lowest BCUT2D eigenvalue weighted by molar-refractivity contribution is -0.164. The Labute approximate surface area is 254 Å². The molecule has 7 atom stereocenters. The zero-order valence-electron chi connectivity index (χ0n) is 26.5. The van der Waals surface area contributed by atoms with E-state index in [2.05, 4.69) is 44.4 Å². The van der Waals surface area contributed by atoms with Gasteiger partial charge >= 0.3 is 0 Å². The van der Waals surface area contributed by atoms with Crippen molar-refractivity contribution in [3.8, 4) is 0 Å². The van der Waals surface area contributed by atoms with Crippen molar-refractivity contribution in [2.24, 2.45) is 56.0 Å². The standard InChI is InChI=1S/C35H44N4O4/c1-30(2)11-13-35(29(43)39-19-38-18-22(39)28(36)42)14-12-34(7)26(20(35)16-30)23(40)15-25-32(5)17-21(37-8)27(41)31(3,4)24(32)9-10-33(25,34)6/h15,17-20,24,26H,9-14,16H2,1-7H3,(H2,36,42). The van der Waals surface area contributed by atoms with E-state index in [1.165, 1.54) is 17.1 Å². The number of rotatable bonds is 2. The number of hydrogen-bond acceptors (Lipinski definition) is 5. The number of allylic oxidation sites excluding steroid dienone is 4. The van der Waals surface area contributed by atoms with Crippen LogP contribution in [0.15, 0.2) is 35.9 Å². The Kier molecular flexibility index (Phi) is 6.12. The molecule has 2 N–H and O–H groups in total. The zero-order valence-corrected chi connectivity index (χ0v) is 26.5. The number of amides is 1. The zero-order chi connectivity index (χ0) is 31.5. The molecule has 0 aromatic carbocycles. The smallest absolute Gasteiger partial charge is 0.267 e. The first kappa shape index (κ1) is 29.7. The summed E-state index contributed by atoms with van der Waals surface area (Å²) in [4.78, 5) is 62.5. The summed E-state index contributed by atoms with van der Waals surface area (Å²) in [6.45, 7) is 22.8. The van der Waals surface area contributed by atoms with Crippen LogP contribution in [0.2, 0.25) is 0 Å². The van der Waals surface area contributed by atoms with Gasteiger partial charge in [-0.1, -0.05) is 60.1 Å². The molecule has 3 fully saturated rings.